The minimum atomic E-state index is -2.62. The van der Waals surface area contributed by atoms with Gasteiger partial charge in [-0.2, -0.15) is 0 Å². The first kappa shape index (κ1) is 51.3. The number of ether oxygens (including phenoxy) is 6. The molecule has 1 aromatic rings. The number of hydrogen-bond acceptors (Lipinski definition) is 13. The molecule has 64 heavy (non-hydrogen) atoms. The summed E-state index contributed by atoms with van der Waals surface area (Å²) in [5.41, 5.74) is 0.908. The number of fused-ring (bicyclic) bond motifs is 3. The first-order valence-corrected chi connectivity index (χ1v) is 23.1. The molecule has 3 heterocycles. The number of cyclic esters (lactones) is 1. The first-order valence-electron chi connectivity index (χ1n) is 23.1. The van der Waals surface area contributed by atoms with Crippen molar-refractivity contribution in [2.24, 2.45) is 29.6 Å². The standard InChI is InChI=1S/C49H72FNO13/c1-10-33-22-27(2)43(50)28(3)23-41(60-8)45-42(61-9)24-30(5)49(58,64-45)46(55)47(56)51-20-12-11-13-36(51)48(57)63-44(31(6)38(53)26-39(33)54)29(4)21-32-14-19-37(52)40(25-32)62-35-17-15-34(59-7)16-18-35/h15-18,21-22,28,30-33,36-38,40-45,52-53,58H,10-14,19-20,23-26H2,1-9H3/b27-22+,29-21?. The van der Waals surface area contributed by atoms with Crippen LogP contribution in [-0.4, -0.2) is 132 Å². The van der Waals surface area contributed by atoms with E-state index in [1.807, 2.05) is 13.0 Å². The molecule has 2 bridgehead atoms. The molecule has 0 radical (unpaired) electrons. The molecular formula is C49H72FNO13. The number of ketones is 2. The largest absolute Gasteiger partial charge is 0.497 e. The molecule has 1 aliphatic carbocycles. The van der Waals surface area contributed by atoms with Crippen LogP contribution in [0.4, 0.5) is 4.39 Å². The number of alkyl halides is 1. The third-order valence-corrected chi connectivity index (χ3v) is 14.1. The average Bonchev–Trinajstić information content (AvgIpc) is 3.29. The summed E-state index contributed by atoms with van der Waals surface area (Å²) in [5.74, 6) is -8.12. The Labute approximate surface area is 377 Å². The average molecular weight is 902 g/mol. The van der Waals surface area contributed by atoms with E-state index < -0.39 is 102 Å². The summed E-state index contributed by atoms with van der Waals surface area (Å²) in [6, 6.07) is 5.87. The molecule has 1 saturated carbocycles. The number of halogens is 1. The van der Waals surface area contributed by atoms with Crippen LogP contribution in [0.5, 0.6) is 11.5 Å². The maximum absolute atomic E-state index is 16.3. The molecule has 2 saturated heterocycles. The van der Waals surface area contributed by atoms with Crippen molar-refractivity contribution in [1.29, 1.82) is 0 Å². The minimum absolute atomic E-state index is 0.0337. The van der Waals surface area contributed by atoms with Crippen LogP contribution < -0.4 is 9.47 Å². The molecule has 15 unspecified atom stereocenters. The number of esters is 1. The fourth-order valence-corrected chi connectivity index (χ4v) is 10.00. The highest BCUT2D eigenvalue weighted by Gasteiger charge is 2.57. The number of amides is 1. The van der Waals surface area contributed by atoms with Crippen molar-refractivity contribution in [2.45, 2.75) is 166 Å². The van der Waals surface area contributed by atoms with Crippen LogP contribution >= 0.6 is 0 Å². The summed E-state index contributed by atoms with van der Waals surface area (Å²) in [5, 5.41) is 34.8. The molecule has 3 aliphatic heterocycles. The summed E-state index contributed by atoms with van der Waals surface area (Å²) < 4.78 is 51.8. The summed E-state index contributed by atoms with van der Waals surface area (Å²) in [6.45, 7) is 10.2. The smallest absolute Gasteiger partial charge is 0.329 e. The van der Waals surface area contributed by atoms with Crippen LogP contribution in [-0.2, 0) is 38.1 Å². The Kier molecular flexibility index (Phi) is 18.1. The van der Waals surface area contributed by atoms with E-state index in [9.17, 15) is 34.5 Å². The highest BCUT2D eigenvalue weighted by Crippen LogP contribution is 2.40. The molecule has 0 aromatic heterocycles. The van der Waals surface area contributed by atoms with E-state index in [4.69, 9.17) is 28.4 Å². The minimum Gasteiger partial charge on any atom is -0.497 e. The lowest BCUT2D eigenvalue weighted by atomic mass is 9.81. The van der Waals surface area contributed by atoms with E-state index in [0.29, 0.717) is 61.2 Å². The Morgan fingerprint density at radius 2 is 1.56 bits per heavy atom. The monoisotopic (exact) mass is 901 g/mol. The molecule has 3 N–H and O–H groups in total. The lowest BCUT2D eigenvalue weighted by Crippen LogP contribution is -2.64. The fourth-order valence-electron chi connectivity index (χ4n) is 10.00. The number of hydrogen-bond donors (Lipinski definition) is 3. The number of rotatable bonds is 8. The zero-order valence-electron chi connectivity index (χ0n) is 39.1. The normalized spacial score (nSPS) is 38.9. The highest BCUT2D eigenvalue weighted by atomic mass is 19.1. The lowest BCUT2D eigenvalue weighted by molar-refractivity contribution is -0.302. The first-order chi connectivity index (χ1) is 30.4. The molecule has 1 amide bonds. The van der Waals surface area contributed by atoms with Gasteiger partial charge in [-0.3, -0.25) is 14.4 Å². The summed E-state index contributed by atoms with van der Waals surface area (Å²) in [6.07, 6.45) is -1.31. The van der Waals surface area contributed by atoms with Gasteiger partial charge in [-0.05, 0) is 119 Å². The van der Waals surface area contributed by atoms with Gasteiger partial charge in [-0.1, -0.05) is 39.8 Å². The van der Waals surface area contributed by atoms with E-state index >= 15 is 4.39 Å². The number of Topliss-reactive ketones (excluding diaryl/α,β-unsaturated/α-hetero) is 2. The number of nitrogens with zero attached hydrogens (tertiary/aromatic N) is 1. The maximum atomic E-state index is 16.3. The predicted molar refractivity (Wildman–Crippen MR) is 235 cm³/mol. The number of carbonyl (C=O) groups excluding carboxylic acids is 4. The second-order valence-corrected chi connectivity index (χ2v) is 18.7. The number of piperidine rings is 1. The Balaban J connectivity index is 1.51. The third-order valence-electron chi connectivity index (χ3n) is 14.1. The van der Waals surface area contributed by atoms with Crippen molar-refractivity contribution in [2.75, 3.05) is 27.9 Å². The van der Waals surface area contributed by atoms with Crippen LogP contribution in [0.1, 0.15) is 106 Å². The Hall–Kier alpha value is -3.73. The molecule has 358 valence electrons. The Morgan fingerprint density at radius 1 is 0.906 bits per heavy atom. The quantitative estimate of drug-likeness (QED) is 0.160. The van der Waals surface area contributed by atoms with Crippen LogP contribution in [0.2, 0.25) is 0 Å². The molecule has 15 atom stereocenters. The molecule has 15 heteroatoms. The molecule has 4 aliphatic rings. The maximum Gasteiger partial charge on any atom is 0.329 e. The van der Waals surface area contributed by atoms with Crippen LogP contribution in [0, 0.1) is 29.6 Å². The van der Waals surface area contributed by atoms with Gasteiger partial charge in [-0.15, -0.1) is 0 Å². The van der Waals surface area contributed by atoms with Crippen molar-refractivity contribution >= 4 is 23.4 Å². The number of methoxy groups -OCH3 is 3. The fraction of sp³-hybridized carbons (Fsp3) is 0.714. The number of carbonyl (C=O) groups is 4. The van der Waals surface area contributed by atoms with Gasteiger partial charge in [0.15, 0.2) is 0 Å². The van der Waals surface area contributed by atoms with Gasteiger partial charge in [0, 0.05) is 44.9 Å². The number of allylic oxidation sites excluding steroid dienone is 3. The lowest BCUT2D eigenvalue weighted by Gasteiger charge is -2.47. The summed E-state index contributed by atoms with van der Waals surface area (Å²) >= 11 is 0. The van der Waals surface area contributed by atoms with Crippen molar-refractivity contribution < 1.29 is 67.3 Å². The van der Waals surface area contributed by atoms with Gasteiger partial charge in [0.25, 0.3) is 11.7 Å². The third kappa shape index (κ3) is 11.8. The van der Waals surface area contributed by atoms with E-state index in [2.05, 4.69) is 0 Å². The Bertz CT molecular complexity index is 1820. The number of aliphatic hydroxyl groups excluding tert-OH is 2. The van der Waals surface area contributed by atoms with E-state index in [0.717, 1.165) is 4.90 Å². The SMILES string of the molecule is CCC1/C=C(\C)C(F)C(C)CC(OC)C2OC(O)(C(=O)C(=O)N3CCCCC3C(=O)OC(C(C)=CC3CCC(O)C(Oc4ccc(OC)cc4)C3)C(C)C(O)CC1=O)C(C)CC2OC. The summed E-state index contributed by atoms with van der Waals surface area (Å²) in [7, 11) is 4.44. The van der Waals surface area contributed by atoms with Gasteiger partial charge < -0.3 is 48.6 Å². The zero-order valence-corrected chi connectivity index (χ0v) is 39.1. The van der Waals surface area contributed by atoms with Gasteiger partial charge in [0.2, 0.25) is 5.79 Å². The van der Waals surface area contributed by atoms with Crippen molar-refractivity contribution in [3.63, 3.8) is 0 Å². The van der Waals surface area contributed by atoms with Crippen molar-refractivity contribution in [3.8, 4) is 11.5 Å². The second kappa shape index (κ2) is 22.6. The van der Waals surface area contributed by atoms with E-state index in [-0.39, 0.29) is 43.9 Å². The highest BCUT2D eigenvalue weighted by molar-refractivity contribution is 6.39. The summed E-state index contributed by atoms with van der Waals surface area (Å²) in [4.78, 5) is 58.1. The zero-order chi connectivity index (χ0) is 47.0. The number of benzene rings is 1. The van der Waals surface area contributed by atoms with Crippen LogP contribution in [0.3, 0.4) is 0 Å². The molecule has 14 nitrogen and oxygen atoms in total. The van der Waals surface area contributed by atoms with E-state index in [1.54, 1.807) is 72.1 Å². The topological polar surface area (TPSA) is 188 Å². The van der Waals surface area contributed by atoms with Crippen molar-refractivity contribution in [1.82, 2.24) is 4.90 Å². The van der Waals surface area contributed by atoms with Crippen molar-refractivity contribution in [3.05, 3.63) is 47.6 Å². The molecule has 1 aromatic carbocycles. The van der Waals surface area contributed by atoms with E-state index in [1.165, 1.54) is 14.2 Å². The van der Waals surface area contributed by atoms with Gasteiger partial charge in [0.05, 0.1) is 31.5 Å². The van der Waals surface area contributed by atoms with Crippen LogP contribution in [0.15, 0.2) is 47.6 Å². The van der Waals surface area contributed by atoms with Gasteiger partial charge >= 0.3 is 5.97 Å². The molecule has 0 spiro atoms. The van der Waals surface area contributed by atoms with Gasteiger partial charge in [0.1, 0.15) is 47.8 Å². The van der Waals surface area contributed by atoms with Crippen LogP contribution in [0.25, 0.3) is 0 Å². The molecular weight excluding hydrogens is 830 g/mol. The molecule has 3 fully saturated rings. The predicted octanol–water partition coefficient (Wildman–Crippen LogP) is 5.86. The Morgan fingerprint density at radius 3 is 2.20 bits per heavy atom. The second-order valence-electron chi connectivity index (χ2n) is 18.7. The molecule has 5 rings (SSSR count). The number of aliphatic hydroxyl groups is 3. The van der Waals surface area contributed by atoms with Gasteiger partial charge in [-0.25, -0.2) is 9.18 Å².